The minimum absolute atomic E-state index is 0.246. The number of tetrazole rings is 1. The summed E-state index contributed by atoms with van der Waals surface area (Å²) in [6, 6.07) is 8.18. The summed E-state index contributed by atoms with van der Waals surface area (Å²) in [5, 5.41) is 15.7. The fourth-order valence-corrected chi connectivity index (χ4v) is 3.83. The summed E-state index contributed by atoms with van der Waals surface area (Å²) in [6.45, 7) is 4.12. The number of aromatic nitrogens is 5. The number of ether oxygens (including phenoxy) is 1. The van der Waals surface area contributed by atoms with Crippen molar-refractivity contribution in [3.8, 4) is 16.3 Å². The van der Waals surface area contributed by atoms with Gasteiger partial charge >= 0.3 is 0 Å². The molecule has 0 saturated carbocycles. The van der Waals surface area contributed by atoms with Gasteiger partial charge in [0.2, 0.25) is 5.16 Å². The Kier molecular flexibility index (Phi) is 4.92. The van der Waals surface area contributed by atoms with Gasteiger partial charge < -0.3 is 4.74 Å². The largest absolute Gasteiger partial charge is 0.497 e. The molecule has 0 N–H and O–H groups in total. The topological polar surface area (TPSA) is 65.7 Å². The molecule has 0 spiro atoms. The van der Waals surface area contributed by atoms with E-state index in [0.29, 0.717) is 0 Å². The zero-order valence-corrected chi connectivity index (χ0v) is 14.8. The van der Waals surface area contributed by atoms with Crippen LogP contribution in [0.3, 0.4) is 0 Å². The van der Waals surface area contributed by atoms with Crippen LogP contribution in [0.2, 0.25) is 0 Å². The third-order valence-corrected chi connectivity index (χ3v) is 5.08. The van der Waals surface area contributed by atoms with E-state index in [1.807, 2.05) is 28.9 Å². The molecule has 0 aliphatic heterocycles. The quantitative estimate of drug-likeness (QED) is 0.634. The Morgan fingerprint density at radius 2 is 2.22 bits per heavy atom. The Bertz CT molecular complexity index is 784. The van der Waals surface area contributed by atoms with E-state index in [0.717, 1.165) is 32.9 Å². The van der Waals surface area contributed by atoms with Crippen LogP contribution in [-0.4, -0.2) is 32.3 Å². The van der Waals surface area contributed by atoms with E-state index < -0.39 is 0 Å². The predicted molar refractivity (Wildman–Crippen MR) is 91.9 cm³/mol. The summed E-state index contributed by atoms with van der Waals surface area (Å²) in [5.74, 6) is 1.58. The van der Waals surface area contributed by atoms with Crippen molar-refractivity contribution in [1.29, 1.82) is 0 Å². The molecule has 3 rings (SSSR count). The van der Waals surface area contributed by atoms with Crippen molar-refractivity contribution in [1.82, 2.24) is 25.2 Å². The summed E-state index contributed by atoms with van der Waals surface area (Å²) in [5.41, 5.74) is 2.09. The van der Waals surface area contributed by atoms with Crippen molar-refractivity contribution in [3.63, 3.8) is 0 Å². The second-order valence-electron chi connectivity index (χ2n) is 5.16. The summed E-state index contributed by atoms with van der Waals surface area (Å²) < 4.78 is 7.08. The Labute approximate surface area is 142 Å². The zero-order valence-electron chi connectivity index (χ0n) is 13.1. The fourth-order valence-electron chi connectivity index (χ4n) is 2.01. The van der Waals surface area contributed by atoms with E-state index in [2.05, 4.69) is 34.8 Å². The van der Waals surface area contributed by atoms with Crippen molar-refractivity contribution in [3.05, 3.63) is 35.3 Å². The van der Waals surface area contributed by atoms with Crippen molar-refractivity contribution >= 4 is 23.1 Å². The Balaban J connectivity index is 1.71. The van der Waals surface area contributed by atoms with E-state index in [-0.39, 0.29) is 6.04 Å². The Morgan fingerprint density at radius 3 is 3.00 bits per heavy atom. The molecule has 23 heavy (non-hydrogen) atoms. The fraction of sp³-hybridized carbons (Fsp3) is 0.333. The lowest BCUT2D eigenvalue weighted by Crippen LogP contribution is -2.04. The number of methoxy groups -OCH3 is 1. The molecule has 0 bridgehead atoms. The van der Waals surface area contributed by atoms with E-state index in [9.17, 15) is 0 Å². The highest BCUT2D eigenvalue weighted by Crippen LogP contribution is 2.29. The minimum Gasteiger partial charge on any atom is -0.497 e. The van der Waals surface area contributed by atoms with Gasteiger partial charge in [0, 0.05) is 16.7 Å². The Morgan fingerprint density at radius 1 is 1.35 bits per heavy atom. The first kappa shape index (κ1) is 15.9. The number of hydrogen-bond donors (Lipinski definition) is 0. The number of nitrogens with zero attached hydrogens (tertiary/aromatic N) is 5. The number of hydrogen-bond acceptors (Lipinski definition) is 7. The number of rotatable bonds is 6. The van der Waals surface area contributed by atoms with Gasteiger partial charge in [0.15, 0.2) is 0 Å². The van der Waals surface area contributed by atoms with Gasteiger partial charge in [-0.1, -0.05) is 23.9 Å². The smallest absolute Gasteiger partial charge is 0.209 e. The monoisotopic (exact) mass is 347 g/mol. The van der Waals surface area contributed by atoms with Gasteiger partial charge in [-0.2, -0.15) is 0 Å². The molecule has 0 saturated heterocycles. The number of thiazole rings is 1. The van der Waals surface area contributed by atoms with Gasteiger partial charge in [0.25, 0.3) is 0 Å². The minimum atomic E-state index is 0.246. The molecule has 0 unspecified atom stereocenters. The van der Waals surface area contributed by atoms with Crippen LogP contribution in [0, 0.1) is 0 Å². The molecule has 0 atom stereocenters. The first-order valence-electron chi connectivity index (χ1n) is 7.17. The lowest BCUT2D eigenvalue weighted by molar-refractivity contribution is 0.415. The lowest BCUT2D eigenvalue weighted by atomic mass is 10.2. The van der Waals surface area contributed by atoms with Gasteiger partial charge in [0.1, 0.15) is 10.8 Å². The van der Waals surface area contributed by atoms with Crippen LogP contribution in [-0.2, 0) is 5.75 Å². The predicted octanol–water partition coefficient (Wildman–Crippen LogP) is 3.68. The first-order chi connectivity index (χ1) is 11.2. The normalized spacial score (nSPS) is 11.1. The summed E-state index contributed by atoms with van der Waals surface area (Å²) in [6.07, 6.45) is 0. The maximum atomic E-state index is 5.26. The summed E-state index contributed by atoms with van der Waals surface area (Å²) in [7, 11) is 1.67. The van der Waals surface area contributed by atoms with Crippen LogP contribution in [0.1, 0.15) is 25.6 Å². The van der Waals surface area contributed by atoms with E-state index in [1.165, 1.54) is 0 Å². The lowest BCUT2D eigenvalue weighted by Gasteiger charge is -2.06. The maximum absolute atomic E-state index is 5.26. The SMILES string of the molecule is COc1cccc(-c2nc(CSc3nnnn3C(C)C)cs2)c1. The van der Waals surface area contributed by atoms with Crippen LogP contribution in [0.5, 0.6) is 5.75 Å². The molecule has 0 amide bonds. The van der Waals surface area contributed by atoms with Crippen molar-refractivity contribution in [2.75, 3.05) is 7.11 Å². The molecular weight excluding hydrogens is 330 g/mol. The number of thioether (sulfide) groups is 1. The van der Waals surface area contributed by atoms with Crippen molar-refractivity contribution in [2.45, 2.75) is 30.8 Å². The highest BCUT2D eigenvalue weighted by atomic mass is 32.2. The third-order valence-electron chi connectivity index (χ3n) is 3.17. The molecule has 2 heterocycles. The second-order valence-corrected chi connectivity index (χ2v) is 6.97. The van der Waals surface area contributed by atoms with Crippen LogP contribution >= 0.6 is 23.1 Å². The van der Waals surface area contributed by atoms with Gasteiger partial charge in [-0.15, -0.1) is 16.4 Å². The van der Waals surface area contributed by atoms with Crippen LogP contribution in [0.4, 0.5) is 0 Å². The van der Waals surface area contributed by atoms with E-state index >= 15 is 0 Å². The summed E-state index contributed by atoms with van der Waals surface area (Å²) >= 11 is 3.23. The van der Waals surface area contributed by atoms with Crippen molar-refractivity contribution in [2.24, 2.45) is 0 Å². The molecule has 120 valence electrons. The standard InChI is InChI=1S/C15H17N5OS2/c1-10(2)20-15(17-18-19-20)23-9-12-8-22-14(16-12)11-5-4-6-13(7-11)21-3/h4-8,10H,9H2,1-3H3. The summed E-state index contributed by atoms with van der Waals surface area (Å²) in [4.78, 5) is 4.69. The molecule has 0 aliphatic carbocycles. The van der Waals surface area contributed by atoms with Gasteiger partial charge in [-0.25, -0.2) is 9.67 Å². The molecule has 2 aromatic heterocycles. The zero-order chi connectivity index (χ0) is 16.2. The molecular formula is C15H17N5OS2. The van der Waals surface area contributed by atoms with Gasteiger partial charge in [-0.05, 0) is 36.4 Å². The Hall–Kier alpha value is -1.93. The molecule has 3 aromatic rings. The van der Waals surface area contributed by atoms with Crippen molar-refractivity contribution < 1.29 is 4.74 Å². The molecule has 6 nitrogen and oxygen atoms in total. The molecule has 8 heteroatoms. The first-order valence-corrected chi connectivity index (χ1v) is 9.03. The third kappa shape index (κ3) is 3.70. The van der Waals surface area contributed by atoms with Gasteiger partial charge in [-0.3, -0.25) is 0 Å². The second kappa shape index (κ2) is 7.10. The maximum Gasteiger partial charge on any atom is 0.209 e. The number of benzene rings is 1. The molecule has 0 aliphatic rings. The average Bonchev–Trinajstić information content (AvgIpc) is 3.22. The van der Waals surface area contributed by atoms with E-state index in [1.54, 1.807) is 30.2 Å². The van der Waals surface area contributed by atoms with Crippen LogP contribution in [0.25, 0.3) is 10.6 Å². The highest BCUT2D eigenvalue weighted by molar-refractivity contribution is 7.98. The van der Waals surface area contributed by atoms with Crippen LogP contribution < -0.4 is 4.74 Å². The molecule has 0 fully saturated rings. The average molecular weight is 347 g/mol. The van der Waals surface area contributed by atoms with Crippen LogP contribution in [0.15, 0.2) is 34.8 Å². The molecule has 0 radical (unpaired) electrons. The highest BCUT2D eigenvalue weighted by Gasteiger charge is 2.11. The molecule has 1 aromatic carbocycles. The van der Waals surface area contributed by atoms with E-state index in [4.69, 9.17) is 9.72 Å². The van der Waals surface area contributed by atoms with Gasteiger partial charge in [0.05, 0.1) is 18.8 Å².